The summed E-state index contributed by atoms with van der Waals surface area (Å²) >= 11 is 12.2. The molecule has 1 aromatic rings. The highest BCUT2D eigenvalue weighted by Gasteiger charge is 2.28. The molecule has 0 saturated carbocycles. The summed E-state index contributed by atoms with van der Waals surface area (Å²) in [4.78, 5) is 12.9. The maximum atomic E-state index is 11.6. The molecule has 0 radical (unpaired) electrons. The second-order valence-corrected chi connectivity index (χ2v) is 5.73. The van der Waals surface area contributed by atoms with Crippen LogP contribution in [0, 0.1) is 5.92 Å². The van der Waals surface area contributed by atoms with Crippen LogP contribution in [0.3, 0.4) is 0 Å². The number of likely N-dealkylation sites (tertiary alicyclic amines) is 1. The fourth-order valence-corrected chi connectivity index (χ4v) is 2.99. The maximum absolute atomic E-state index is 11.6. The number of carbonyl (C=O) groups excluding carboxylic acids is 1. The van der Waals surface area contributed by atoms with Gasteiger partial charge in [-0.2, -0.15) is 0 Å². The number of nitrogens with two attached hydrogens (primary N) is 1. The van der Waals surface area contributed by atoms with Gasteiger partial charge in [-0.3, -0.25) is 10.2 Å². The average molecular weight is 303 g/mol. The fraction of sp³-hybridized carbons (Fsp3) is 0.462. The highest BCUT2D eigenvalue weighted by Crippen LogP contribution is 2.25. The number of amides is 1. The summed E-state index contributed by atoms with van der Waals surface area (Å²) in [6.07, 6.45) is 1.92. The van der Waals surface area contributed by atoms with Gasteiger partial charge >= 0.3 is 0 Å². The second kappa shape index (κ2) is 6.57. The molecule has 1 heterocycles. The molecule has 2 atom stereocenters. The van der Waals surface area contributed by atoms with Crippen LogP contribution in [0.1, 0.15) is 18.4 Å². The third-order valence-corrected chi connectivity index (χ3v) is 4.46. The van der Waals surface area contributed by atoms with Crippen LogP contribution >= 0.6 is 23.2 Å². The second-order valence-electron chi connectivity index (χ2n) is 4.94. The van der Waals surface area contributed by atoms with Crippen LogP contribution in [0.5, 0.6) is 0 Å². The summed E-state index contributed by atoms with van der Waals surface area (Å²) < 4.78 is 0. The molecule has 104 valence electrons. The largest absolute Gasteiger partial charge is 0.330 e. The lowest BCUT2D eigenvalue weighted by molar-refractivity contribution is -0.921. The maximum Gasteiger partial charge on any atom is 0.242 e. The van der Waals surface area contributed by atoms with E-state index in [1.165, 1.54) is 4.90 Å². The van der Waals surface area contributed by atoms with Crippen LogP contribution in [0.25, 0.3) is 0 Å². The number of piperidine rings is 1. The third kappa shape index (κ3) is 3.60. The van der Waals surface area contributed by atoms with Gasteiger partial charge in [0.2, 0.25) is 5.91 Å². The molecule has 6 heteroatoms. The predicted octanol–water partition coefficient (Wildman–Crippen LogP) is 0.778. The van der Waals surface area contributed by atoms with Gasteiger partial charge in [-0.25, -0.2) is 5.84 Å². The zero-order valence-electron chi connectivity index (χ0n) is 10.6. The van der Waals surface area contributed by atoms with E-state index in [9.17, 15) is 4.79 Å². The third-order valence-electron chi connectivity index (χ3n) is 3.60. The van der Waals surface area contributed by atoms with E-state index in [1.807, 2.05) is 12.1 Å². The number of benzene rings is 1. The topological polar surface area (TPSA) is 59.6 Å². The van der Waals surface area contributed by atoms with Crippen molar-refractivity contribution in [3.63, 3.8) is 0 Å². The molecule has 0 bridgehead atoms. The molecule has 19 heavy (non-hydrogen) atoms. The Morgan fingerprint density at radius 2 is 2.26 bits per heavy atom. The monoisotopic (exact) mass is 302 g/mol. The number of hydrogen-bond donors (Lipinski definition) is 3. The molecule has 0 aromatic heterocycles. The quantitative estimate of drug-likeness (QED) is 0.439. The molecule has 1 aromatic carbocycles. The number of nitrogens with one attached hydrogen (secondary N) is 2. The Bertz CT molecular complexity index is 467. The first-order valence-electron chi connectivity index (χ1n) is 6.38. The Labute approximate surface area is 122 Å². The summed E-state index contributed by atoms with van der Waals surface area (Å²) in [5.41, 5.74) is 3.27. The Kier molecular flexibility index (Phi) is 5.05. The molecular weight excluding hydrogens is 285 g/mol. The zero-order valence-corrected chi connectivity index (χ0v) is 12.1. The first kappa shape index (κ1) is 14.6. The van der Waals surface area contributed by atoms with Gasteiger partial charge in [0.15, 0.2) is 0 Å². The molecule has 1 aliphatic heterocycles. The van der Waals surface area contributed by atoms with Crippen molar-refractivity contribution >= 4 is 29.1 Å². The van der Waals surface area contributed by atoms with Gasteiger partial charge in [-0.1, -0.05) is 35.3 Å². The van der Waals surface area contributed by atoms with Crippen molar-refractivity contribution in [2.45, 2.75) is 19.4 Å². The highest BCUT2D eigenvalue weighted by atomic mass is 35.5. The van der Waals surface area contributed by atoms with Crippen molar-refractivity contribution < 1.29 is 9.69 Å². The van der Waals surface area contributed by atoms with Crippen molar-refractivity contribution in [1.82, 2.24) is 5.43 Å². The minimum Gasteiger partial charge on any atom is -0.330 e. The fourth-order valence-electron chi connectivity index (χ4n) is 2.61. The minimum absolute atomic E-state index is 0.00768. The van der Waals surface area contributed by atoms with E-state index in [0.29, 0.717) is 10.0 Å². The van der Waals surface area contributed by atoms with Gasteiger partial charge in [0.1, 0.15) is 6.54 Å². The first-order chi connectivity index (χ1) is 9.11. The van der Waals surface area contributed by atoms with Crippen LogP contribution in [0.15, 0.2) is 18.2 Å². The molecule has 1 fully saturated rings. The number of rotatable bonds is 3. The van der Waals surface area contributed by atoms with Gasteiger partial charge in [-0.15, -0.1) is 0 Å². The van der Waals surface area contributed by atoms with Crippen LogP contribution in [0.4, 0.5) is 0 Å². The van der Waals surface area contributed by atoms with Crippen molar-refractivity contribution in [3.05, 3.63) is 33.8 Å². The lowest BCUT2D eigenvalue weighted by atomic mass is 9.97. The van der Waals surface area contributed by atoms with Crippen molar-refractivity contribution in [2.75, 3.05) is 13.1 Å². The standard InChI is InChI=1S/C13H17Cl2N3O/c14-11-5-1-3-9(12(11)15)7-18-6-2-4-10(8-18)13(19)17-16/h1,3,5,10H,2,4,6-8,16H2,(H,17,19)/p+1/t10-/m1/s1. The van der Waals surface area contributed by atoms with Crippen molar-refractivity contribution in [3.8, 4) is 0 Å². The number of hydrogen-bond acceptors (Lipinski definition) is 2. The SMILES string of the molecule is NNC(=O)[C@@H]1CCC[NH+](Cc2cccc(Cl)c2Cl)C1. The Morgan fingerprint density at radius 1 is 1.47 bits per heavy atom. The van der Waals surface area contributed by atoms with E-state index in [1.54, 1.807) is 6.07 Å². The summed E-state index contributed by atoms with van der Waals surface area (Å²) in [5.74, 6) is 5.12. The van der Waals surface area contributed by atoms with Crippen LogP contribution in [-0.2, 0) is 11.3 Å². The molecule has 1 aliphatic rings. The van der Waals surface area contributed by atoms with E-state index in [-0.39, 0.29) is 11.8 Å². The van der Waals surface area contributed by atoms with Crippen LogP contribution < -0.4 is 16.2 Å². The number of halogens is 2. The summed E-state index contributed by atoms with van der Waals surface area (Å²) in [5, 5.41) is 1.19. The average Bonchev–Trinajstić information content (AvgIpc) is 2.43. The number of quaternary nitrogens is 1. The van der Waals surface area contributed by atoms with E-state index in [4.69, 9.17) is 29.0 Å². The summed E-state index contributed by atoms with van der Waals surface area (Å²) in [7, 11) is 0. The van der Waals surface area contributed by atoms with Gasteiger partial charge in [0.25, 0.3) is 0 Å². The van der Waals surface area contributed by atoms with E-state index in [2.05, 4.69) is 5.43 Å². The predicted molar refractivity (Wildman–Crippen MR) is 75.9 cm³/mol. The van der Waals surface area contributed by atoms with Gasteiger partial charge < -0.3 is 4.90 Å². The molecule has 0 spiro atoms. The summed E-state index contributed by atoms with van der Waals surface area (Å²) in [6.45, 7) is 2.61. The van der Waals surface area contributed by atoms with Gasteiger partial charge in [0.05, 0.1) is 29.1 Å². The van der Waals surface area contributed by atoms with Crippen LogP contribution in [0.2, 0.25) is 10.0 Å². The lowest BCUT2D eigenvalue weighted by Gasteiger charge is -2.29. The molecule has 1 amide bonds. The first-order valence-corrected chi connectivity index (χ1v) is 7.14. The minimum atomic E-state index is -0.0746. The lowest BCUT2D eigenvalue weighted by Crippen LogP contribution is -3.12. The Morgan fingerprint density at radius 3 is 3.00 bits per heavy atom. The van der Waals surface area contributed by atoms with Crippen molar-refractivity contribution in [1.29, 1.82) is 0 Å². The zero-order chi connectivity index (χ0) is 13.8. The molecule has 1 saturated heterocycles. The highest BCUT2D eigenvalue weighted by molar-refractivity contribution is 6.42. The Balaban J connectivity index is 2.03. The van der Waals surface area contributed by atoms with Crippen LogP contribution in [-0.4, -0.2) is 19.0 Å². The Hall–Kier alpha value is -0.810. The van der Waals surface area contributed by atoms with E-state index in [0.717, 1.165) is 38.0 Å². The summed E-state index contributed by atoms with van der Waals surface area (Å²) in [6, 6.07) is 5.66. The number of hydrazine groups is 1. The smallest absolute Gasteiger partial charge is 0.242 e. The van der Waals surface area contributed by atoms with Crippen molar-refractivity contribution in [2.24, 2.45) is 11.8 Å². The molecule has 4 N–H and O–H groups in total. The molecule has 1 unspecified atom stereocenters. The molecule has 0 aliphatic carbocycles. The normalized spacial score (nSPS) is 23.1. The molecule has 2 rings (SSSR count). The van der Waals surface area contributed by atoms with Gasteiger partial charge in [-0.05, 0) is 18.9 Å². The number of carbonyl (C=O) groups is 1. The van der Waals surface area contributed by atoms with E-state index < -0.39 is 0 Å². The van der Waals surface area contributed by atoms with E-state index >= 15 is 0 Å². The van der Waals surface area contributed by atoms with Gasteiger partial charge in [0, 0.05) is 5.56 Å². The molecule has 4 nitrogen and oxygen atoms in total. The molecular formula is C13H18Cl2N3O+.